The molecule has 0 aliphatic carbocycles. The molecule has 2 aromatic rings. The van der Waals surface area contributed by atoms with Crippen molar-refractivity contribution in [3.8, 4) is 0 Å². The molecule has 2 rings (SSSR count). The lowest BCUT2D eigenvalue weighted by atomic mass is 10.2. The molecule has 0 atom stereocenters. The van der Waals surface area contributed by atoms with Crippen LogP contribution in [-0.2, 0) is 4.79 Å². The van der Waals surface area contributed by atoms with Crippen molar-refractivity contribution in [3.05, 3.63) is 47.8 Å². The van der Waals surface area contributed by atoms with Crippen molar-refractivity contribution in [2.24, 2.45) is 0 Å². The Morgan fingerprint density at radius 2 is 2.07 bits per heavy atom. The van der Waals surface area contributed by atoms with Gasteiger partial charge in [-0.2, -0.15) is 0 Å². The van der Waals surface area contributed by atoms with Gasteiger partial charge in [-0.25, -0.2) is 0 Å². The molecule has 2 aromatic heterocycles. The maximum atomic E-state index is 11.6. The second kappa shape index (κ2) is 3.33. The van der Waals surface area contributed by atoms with Crippen LogP contribution >= 0.6 is 0 Å². The van der Waals surface area contributed by atoms with Gasteiger partial charge in [0.1, 0.15) is 0 Å². The quantitative estimate of drug-likeness (QED) is 0.687. The molecule has 1 radical (unpaired) electrons. The van der Waals surface area contributed by atoms with E-state index >= 15 is 0 Å². The highest BCUT2D eigenvalue weighted by atomic mass is 16.4. The lowest BCUT2D eigenvalue weighted by Crippen LogP contribution is -2.00. The van der Waals surface area contributed by atoms with Crippen molar-refractivity contribution in [2.45, 2.75) is 0 Å². The number of carbonyl (C=O) groups is 1. The Balaban J connectivity index is 2.41. The van der Waals surface area contributed by atoms with Crippen LogP contribution < -0.4 is 0 Å². The SMILES string of the molecule is O=[C]c1ccoc1C(=O)c1ccco1. The molecule has 0 spiro atoms. The molecule has 2 heterocycles. The molecule has 14 heavy (non-hydrogen) atoms. The lowest BCUT2D eigenvalue weighted by Gasteiger charge is -1.91. The third-order valence-corrected chi connectivity index (χ3v) is 1.73. The molecule has 0 unspecified atom stereocenters. The summed E-state index contributed by atoms with van der Waals surface area (Å²) in [4.78, 5) is 22.0. The summed E-state index contributed by atoms with van der Waals surface area (Å²) >= 11 is 0. The highest BCUT2D eigenvalue weighted by Gasteiger charge is 2.19. The zero-order chi connectivity index (χ0) is 9.97. The normalized spacial score (nSPS) is 10.0. The van der Waals surface area contributed by atoms with Crippen molar-refractivity contribution in [1.82, 2.24) is 0 Å². The predicted octanol–water partition coefficient (Wildman–Crippen LogP) is 1.56. The van der Waals surface area contributed by atoms with Crippen molar-refractivity contribution in [2.75, 3.05) is 0 Å². The lowest BCUT2D eigenvalue weighted by molar-refractivity contribution is 0.0983. The van der Waals surface area contributed by atoms with Gasteiger partial charge in [-0.1, -0.05) is 0 Å². The Morgan fingerprint density at radius 1 is 1.21 bits per heavy atom. The topological polar surface area (TPSA) is 60.4 Å². The van der Waals surface area contributed by atoms with Gasteiger partial charge in [0.2, 0.25) is 6.29 Å². The number of furan rings is 2. The molecular weight excluding hydrogens is 184 g/mol. The van der Waals surface area contributed by atoms with E-state index in [1.165, 1.54) is 24.7 Å². The molecule has 0 aliphatic heterocycles. The molecule has 69 valence electrons. The minimum atomic E-state index is -0.460. The zero-order valence-corrected chi connectivity index (χ0v) is 7.02. The number of ketones is 1. The van der Waals surface area contributed by atoms with Gasteiger partial charge in [0.15, 0.2) is 11.5 Å². The third-order valence-electron chi connectivity index (χ3n) is 1.73. The van der Waals surface area contributed by atoms with E-state index < -0.39 is 5.78 Å². The summed E-state index contributed by atoms with van der Waals surface area (Å²) in [6.45, 7) is 0. The summed E-state index contributed by atoms with van der Waals surface area (Å²) in [5, 5.41) is 0. The van der Waals surface area contributed by atoms with Crippen LogP contribution in [0.4, 0.5) is 0 Å². The van der Waals surface area contributed by atoms with Gasteiger partial charge < -0.3 is 8.83 Å². The van der Waals surface area contributed by atoms with E-state index in [1.54, 1.807) is 12.4 Å². The molecule has 0 amide bonds. The third kappa shape index (κ3) is 1.26. The molecular formula is C10H5O4. The van der Waals surface area contributed by atoms with E-state index in [1.807, 2.05) is 0 Å². The minimum absolute atomic E-state index is 0.0463. The van der Waals surface area contributed by atoms with E-state index in [2.05, 4.69) is 0 Å². The molecule has 0 saturated carbocycles. The maximum Gasteiger partial charge on any atom is 0.264 e. The minimum Gasteiger partial charge on any atom is -0.461 e. The van der Waals surface area contributed by atoms with Crippen molar-refractivity contribution in [1.29, 1.82) is 0 Å². The van der Waals surface area contributed by atoms with E-state index in [9.17, 15) is 9.59 Å². The van der Waals surface area contributed by atoms with Crippen LogP contribution in [-0.4, -0.2) is 12.1 Å². The van der Waals surface area contributed by atoms with Crippen LogP contribution in [0.3, 0.4) is 0 Å². The first-order chi connectivity index (χ1) is 6.83. The van der Waals surface area contributed by atoms with Crippen molar-refractivity contribution in [3.63, 3.8) is 0 Å². The molecule has 0 saturated heterocycles. The van der Waals surface area contributed by atoms with Crippen molar-refractivity contribution >= 4 is 12.1 Å². The second-order valence-corrected chi connectivity index (χ2v) is 2.57. The van der Waals surface area contributed by atoms with Gasteiger partial charge in [0, 0.05) is 0 Å². The highest BCUT2D eigenvalue weighted by molar-refractivity contribution is 6.09. The molecule has 0 bridgehead atoms. The summed E-state index contributed by atoms with van der Waals surface area (Å²) in [6, 6.07) is 4.46. The van der Waals surface area contributed by atoms with Gasteiger partial charge in [0.25, 0.3) is 5.78 Å². The number of hydrogen-bond acceptors (Lipinski definition) is 4. The van der Waals surface area contributed by atoms with Gasteiger partial charge in [-0.15, -0.1) is 0 Å². The Hall–Kier alpha value is -2.10. The first-order valence-corrected chi connectivity index (χ1v) is 3.87. The number of rotatable bonds is 3. The summed E-state index contributed by atoms with van der Waals surface area (Å²) in [7, 11) is 0. The van der Waals surface area contributed by atoms with Crippen LogP contribution in [0.25, 0.3) is 0 Å². The fraction of sp³-hybridized carbons (Fsp3) is 0. The molecule has 0 N–H and O–H groups in total. The average Bonchev–Trinajstić information content (AvgIpc) is 2.87. The van der Waals surface area contributed by atoms with Gasteiger partial charge in [-0.05, 0) is 18.2 Å². The number of carbonyl (C=O) groups excluding carboxylic acids is 2. The number of hydrogen-bond donors (Lipinski definition) is 0. The summed E-state index contributed by atoms with van der Waals surface area (Å²) in [5.74, 6) is -0.371. The standard InChI is InChI=1S/C10H5O4/c11-6-7-3-5-14-10(7)9(12)8-2-1-4-13-8/h1-5H. The Bertz CT molecular complexity index is 450. The van der Waals surface area contributed by atoms with Gasteiger partial charge in [0.05, 0.1) is 18.1 Å². The Labute approximate surface area is 79.1 Å². The molecule has 4 heteroatoms. The molecule has 4 nitrogen and oxygen atoms in total. The Kier molecular flexibility index (Phi) is 2.02. The smallest absolute Gasteiger partial charge is 0.264 e. The second-order valence-electron chi connectivity index (χ2n) is 2.57. The summed E-state index contributed by atoms with van der Waals surface area (Å²) < 4.78 is 9.75. The summed E-state index contributed by atoms with van der Waals surface area (Å²) in [5.41, 5.74) is 0.103. The van der Waals surface area contributed by atoms with Crippen LogP contribution in [0.5, 0.6) is 0 Å². The van der Waals surface area contributed by atoms with E-state index in [-0.39, 0.29) is 17.1 Å². The van der Waals surface area contributed by atoms with Gasteiger partial charge >= 0.3 is 0 Å². The van der Waals surface area contributed by atoms with Crippen LogP contribution in [0.1, 0.15) is 21.9 Å². The molecule has 0 fully saturated rings. The first kappa shape index (κ1) is 8.50. The highest BCUT2D eigenvalue weighted by Crippen LogP contribution is 2.14. The van der Waals surface area contributed by atoms with E-state index in [0.717, 1.165) is 0 Å². The molecule has 0 aliphatic rings. The van der Waals surface area contributed by atoms with Crippen molar-refractivity contribution < 1.29 is 18.4 Å². The summed E-state index contributed by atoms with van der Waals surface area (Å²) in [6.07, 6.45) is 4.25. The monoisotopic (exact) mass is 189 g/mol. The van der Waals surface area contributed by atoms with Crippen LogP contribution in [0.2, 0.25) is 0 Å². The van der Waals surface area contributed by atoms with Crippen LogP contribution in [0.15, 0.2) is 39.6 Å². The fourth-order valence-electron chi connectivity index (χ4n) is 1.09. The predicted molar refractivity (Wildman–Crippen MR) is 45.6 cm³/mol. The fourth-order valence-corrected chi connectivity index (χ4v) is 1.09. The average molecular weight is 189 g/mol. The first-order valence-electron chi connectivity index (χ1n) is 3.87. The Morgan fingerprint density at radius 3 is 2.71 bits per heavy atom. The van der Waals surface area contributed by atoms with Gasteiger partial charge in [-0.3, -0.25) is 9.59 Å². The maximum absolute atomic E-state index is 11.6. The molecule has 0 aromatic carbocycles. The van der Waals surface area contributed by atoms with E-state index in [0.29, 0.717) is 0 Å². The largest absolute Gasteiger partial charge is 0.461 e. The van der Waals surface area contributed by atoms with E-state index in [4.69, 9.17) is 8.83 Å². The van der Waals surface area contributed by atoms with Crippen LogP contribution in [0, 0.1) is 0 Å². The zero-order valence-electron chi connectivity index (χ0n) is 7.02.